The molecule has 0 amide bonds. The fourth-order valence-corrected chi connectivity index (χ4v) is 2.42. The van der Waals surface area contributed by atoms with Gasteiger partial charge in [0.15, 0.2) is 0 Å². The molecule has 1 aromatic carbocycles. The summed E-state index contributed by atoms with van der Waals surface area (Å²) in [6, 6.07) is 8.11. The molecule has 0 unspecified atom stereocenters. The van der Waals surface area contributed by atoms with Gasteiger partial charge in [0.2, 0.25) is 0 Å². The molecule has 21 heavy (non-hydrogen) atoms. The van der Waals surface area contributed by atoms with Crippen molar-refractivity contribution in [3.63, 3.8) is 0 Å². The molecular weight excluding hydrogens is 264 g/mol. The number of aromatic carboxylic acids is 1. The summed E-state index contributed by atoms with van der Waals surface area (Å²) < 4.78 is 1.73. The van der Waals surface area contributed by atoms with Crippen molar-refractivity contribution < 1.29 is 9.90 Å². The molecule has 4 nitrogen and oxygen atoms in total. The van der Waals surface area contributed by atoms with E-state index in [1.54, 1.807) is 4.68 Å². The van der Waals surface area contributed by atoms with Crippen LogP contribution in [0.2, 0.25) is 0 Å². The van der Waals surface area contributed by atoms with Crippen LogP contribution < -0.4 is 0 Å². The van der Waals surface area contributed by atoms with E-state index in [0.717, 1.165) is 5.69 Å². The topological polar surface area (TPSA) is 55.1 Å². The average Bonchev–Trinajstić information content (AvgIpc) is 2.83. The molecular formula is C17H22N2O2. The lowest BCUT2D eigenvalue weighted by atomic mass is 9.89. The number of carboxylic acid groups (broad SMARTS) is 1. The zero-order valence-electron chi connectivity index (χ0n) is 13.2. The number of carboxylic acids is 1. The highest BCUT2D eigenvalue weighted by Crippen LogP contribution is 2.28. The van der Waals surface area contributed by atoms with Gasteiger partial charge < -0.3 is 5.11 Å². The van der Waals surface area contributed by atoms with Crippen molar-refractivity contribution >= 4 is 5.97 Å². The van der Waals surface area contributed by atoms with Crippen molar-refractivity contribution in [2.45, 2.75) is 46.0 Å². The van der Waals surface area contributed by atoms with Gasteiger partial charge in [0.1, 0.15) is 5.56 Å². The van der Waals surface area contributed by atoms with Gasteiger partial charge in [-0.15, -0.1) is 0 Å². The van der Waals surface area contributed by atoms with E-state index in [1.807, 2.05) is 32.9 Å². The number of hydrogen-bond acceptors (Lipinski definition) is 2. The van der Waals surface area contributed by atoms with Crippen LogP contribution in [-0.4, -0.2) is 20.9 Å². The fraction of sp³-hybridized carbons (Fsp3) is 0.412. The van der Waals surface area contributed by atoms with Gasteiger partial charge in [0.25, 0.3) is 0 Å². The lowest BCUT2D eigenvalue weighted by Gasteiger charge is -2.21. The van der Waals surface area contributed by atoms with Gasteiger partial charge in [0.05, 0.1) is 17.6 Å². The third-order valence-corrected chi connectivity index (χ3v) is 3.51. The lowest BCUT2D eigenvalue weighted by molar-refractivity contribution is 0.0694. The molecule has 0 spiro atoms. The monoisotopic (exact) mass is 286 g/mol. The maximum absolute atomic E-state index is 11.4. The highest BCUT2D eigenvalue weighted by molar-refractivity contribution is 5.89. The molecule has 0 aliphatic carbocycles. The van der Waals surface area contributed by atoms with Crippen LogP contribution in [0.1, 0.15) is 62.2 Å². The van der Waals surface area contributed by atoms with E-state index < -0.39 is 5.97 Å². The minimum absolute atomic E-state index is 0.260. The van der Waals surface area contributed by atoms with Gasteiger partial charge in [-0.05, 0) is 23.6 Å². The maximum Gasteiger partial charge on any atom is 0.339 e. The Hall–Kier alpha value is -2.10. The molecule has 1 N–H and O–H groups in total. The summed E-state index contributed by atoms with van der Waals surface area (Å²) in [7, 11) is 0. The quantitative estimate of drug-likeness (QED) is 0.928. The standard InChI is InChI=1S/C17H22N2O2/c1-11(2)12-6-8-13(9-7-12)19-15(17(3,4)5)14(10-18-19)16(20)21/h6-11H,1-5H3,(H,20,21). The Balaban J connectivity index is 2.56. The van der Waals surface area contributed by atoms with Crippen molar-refractivity contribution in [1.82, 2.24) is 9.78 Å². The molecule has 2 aromatic rings. The molecule has 0 bridgehead atoms. The van der Waals surface area contributed by atoms with E-state index >= 15 is 0 Å². The van der Waals surface area contributed by atoms with Crippen molar-refractivity contribution in [1.29, 1.82) is 0 Å². The summed E-state index contributed by atoms with van der Waals surface area (Å²) in [5.74, 6) is -0.474. The van der Waals surface area contributed by atoms with Gasteiger partial charge in [-0.2, -0.15) is 5.10 Å². The lowest BCUT2D eigenvalue weighted by Crippen LogP contribution is -2.21. The number of carbonyl (C=O) groups is 1. The smallest absolute Gasteiger partial charge is 0.339 e. The van der Waals surface area contributed by atoms with Gasteiger partial charge in [0, 0.05) is 5.41 Å². The molecule has 0 saturated carbocycles. The second-order valence-electron chi connectivity index (χ2n) is 6.62. The normalized spacial score (nSPS) is 11.9. The Bertz CT molecular complexity index is 646. The van der Waals surface area contributed by atoms with Crippen LogP contribution in [0.3, 0.4) is 0 Å². The zero-order valence-corrected chi connectivity index (χ0v) is 13.2. The molecule has 1 aromatic heterocycles. The molecule has 0 saturated heterocycles. The van der Waals surface area contributed by atoms with Crippen molar-refractivity contribution in [2.24, 2.45) is 0 Å². The maximum atomic E-state index is 11.4. The van der Waals surface area contributed by atoms with E-state index in [1.165, 1.54) is 11.8 Å². The van der Waals surface area contributed by atoms with Crippen LogP contribution >= 0.6 is 0 Å². The van der Waals surface area contributed by atoms with Gasteiger partial charge in [-0.1, -0.05) is 46.8 Å². The van der Waals surface area contributed by atoms with Crippen molar-refractivity contribution in [3.05, 3.63) is 47.3 Å². The van der Waals surface area contributed by atoms with E-state index in [-0.39, 0.29) is 11.0 Å². The molecule has 112 valence electrons. The van der Waals surface area contributed by atoms with Crippen LogP contribution in [0.25, 0.3) is 5.69 Å². The number of nitrogens with zero attached hydrogens (tertiary/aromatic N) is 2. The van der Waals surface area contributed by atoms with Gasteiger partial charge in [-0.3, -0.25) is 0 Å². The summed E-state index contributed by atoms with van der Waals surface area (Å²) in [4.78, 5) is 11.4. The van der Waals surface area contributed by atoms with Crippen molar-refractivity contribution in [3.8, 4) is 5.69 Å². The van der Waals surface area contributed by atoms with Crippen LogP contribution in [0.15, 0.2) is 30.5 Å². The molecule has 2 rings (SSSR count). The predicted molar refractivity (Wildman–Crippen MR) is 83.3 cm³/mol. The van der Waals surface area contributed by atoms with Crippen LogP contribution in [0.5, 0.6) is 0 Å². The summed E-state index contributed by atoms with van der Waals surface area (Å²) in [5.41, 5.74) is 2.81. The number of benzene rings is 1. The highest BCUT2D eigenvalue weighted by Gasteiger charge is 2.27. The predicted octanol–water partition coefficient (Wildman–Crippen LogP) is 3.99. The molecule has 1 heterocycles. The first-order valence-electron chi connectivity index (χ1n) is 7.14. The van der Waals surface area contributed by atoms with E-state index in [9.17, 15) is 9.90 Å². The summed E-state index contributed by atoms with van der Waals surface area (Å²) >= 11 is 0. The largest absolute Gasteiger partial charge is 0.478 e. The first-order chi connectivity index (χ1) is 9.71. The number of aromatic nitrogens is 2. The van der Waals surface area contributed by atoms with Crippen molar-refractivity contribution in [2.75, 3.05) is 0 Å². The van der Waals surface area contributed by atoms with E-state index in [0.29, 0.717) is 11.6 Å². The van der Waals surface area contributed by atoms with E-state index in [2.05, 4.69) is 31.1 Å². The Morgan fingerprint density at radius 1 is 1.19 bits per heavy atom. The average molecular weight is 286 g/mol. The number of hydrogen-bond donors (Lipinski definition) is 1. The molecule has 0 fully saturated rings. The van der Waals surface area contributed by atoms with Gasteiger partial charge >= 0.3 is 5.97 Å². The van der Waals surface area contributed by atoms with Crippen LogP contribution in [0, 0.1) is 0 Å². The Morgan fingerprint density at radius 3 is 2.19 bits per heavy atom. The minimum Gasteiger partial charge on any atom is -0.478 e. The Morgan fingerprint density at radius 2 is 1.76 bits per heavy atom. The first kappa shape index (κ1) is 15.3. The Kier molecular flexibility index (Phi) is 3.90. The molecule has 0 atom stereocenters. The SMILES string of the molecule is CC(C)c1ccc(-n2ncc(C(=O)O)c2C(C)(C)C)cc1. The number of rotatable bonds is 3. The third kappa shape index (κ3) is 2.99. The fourth-order valence-electron chi connectivity index (χ4n) is 2.42. The second-order valence-corrected chi connectivity index (χ2v) is 6.62. The summed E-state index contributed by atoms with van der Waals surface area (Å²) in [5, 5.41) is 13.6. The van der Waals surface area contributed by atoms with Gasteiger partial charge in [-0.25, -0.2) is 9.48 Å². The second kappa shape index (κ2) is 5.35. The van der Waals surface area contributed by atoms with E-state index in [4.69, 9.17) is 0 Å². The minimum atomic E-state index is -0.940. The highest BCUT2D eigenvalue weighted by atomic mass is 16.4. The third-order valence-electron chi connectivity index (χ3n) is 3.51. The summed E-state index contributed by atoms with van der Waals surface area (Å²) in [6.45, 7) is 10.3. The first-order valence-corrected chi connectivity index (χ1v) is 7.14. The molecule has 4 heteroatoms. The Labute approximate surface area is 125 Å². The van der Waals surface area contributed by atoms with Crippen LogP contribution in [-0.2, 0) is 5.41 Å². The molecule has 0 aliphatic heterocycles. The molecule has 0 radical (unpaired) electrons. The van der Waals surface area contributed by atoms with Crippen LogP contribution in [0.4, 0.5) is 0 Å². The summed E-state index contributed by atoms with van der Waals surface area (Å²) in [6.07, 6.45) is 1.43. The molecule has 0 aliphatic rings. The zero-order chi connectivity index (χ0) is 15.8.